The maximum atomic E-state index is 12.0. The van der Waals surface area contributed by atoms with E-state index < -0.39 is 0 Å². The van der Waals surface area contributed by atoms with E-state index in [2.05, 4.69) is 22.3 Å². The normalized spacial score (nSPS) is 17.0. The fraction of sp³-hybridized carbons (Fsp3) is 0.160. The van der Waals surface area contributed by atoms with E-state index in [9.17, 15) is 4.79 Å². The highest BCUT2D eigenvalue weighted by Gasteiger charge is 2.26. The monoisotopic (exact) mass is 431 g/mol. The van der Waals surface area contributed by atoms with Crippen molar-refractivity contribution < 1.29 is 9.53 Å². The number of allylic oxidation sites excluding steroid dienone is 3. The lowest BCUT2D eigenvalue weighted by Crippen LogP contribution is -2.31. The number of ether oxygens (including phenoxy) is 1. The largest absolute Gasteiger partial charge is 0.465 e. The lowest BCUT2D eigenvalue weighted by atomic mass is 10.2. The molecule has 0 N–H and O–H groups in total. The zero-order chi connectivity index (χ0) is 21.7. The second-order valence-corrected chi connectivity index (χ2v) is 7.68. The molecule has 1 aliphatic heterocycles. The summed E-state index contributed by atoms with van der Waals surface area (Å²) in [7, 11) is 0. The minimum absolute atomic E-state index is 0.148. The van der Waals surface area contributed by atoms with Crippen LogP contribution in [0.2, 0.25) is 0 Å². The van der Waals surface area contributed by atoms with Crippen molar-refractivity contribution in [1.82, 2.24) is 4.90 Å². The van der Waals surface area contributed by atoms with E-state index in [1.54, 1.807) is 13.1 Å². The zero-order valence-corrected chi connectivity index (χ0v) is 18.2. The van der Waals surface area contributed by atoms with Gasteiger partial charge in [-0.2, -0.15) is 5.10 Å². The maximum absolute atomic E-state index is 12.0. The van der Waals surface area contributed by atoms with Crippen molar-refractivity contribution in [3.8, 4) is 0 Å². The molecule has 0 atom stereocenters. The molecular formula is C25H25N3O2S. The highest BCUT2D eigenvalue weighted by molar-refractivity contribution is 8.17. The lowest BCUT2D eigenvalue weighted by molar-refractivity contribution is -0.143. The van der Waals surface area contributed by atoms with Gasteiger partial charge in [0.25, 0.3) is 0 Å². The third-order valence-electron chi connectivity index (χ3n) is 4.22. The summed E-state index contributed by atoms with van der Waals surface area (Å²) < 4.78 is 5.09. The zero-order valence-electron chi connectivity index (χ0n) is 17.4. The molecule has 0 radical (unpaired) electrons. The summed E-state index contributed by atoms with van der Waals surface area (Å²) in [5, 5.41) is 9.14. The third-order valence-corrected chi connectivity index (χ3v) is 5.27. The molecule has 31 heavy (non-hydrogen) atoms. The number of esters is 1. The third kappa shape index (κ3) is 7.75. The van der Waals surface area contributed by atoms with Gasteiger partial charge in [0, 0.05) is 11.1 Å². The summed E-state index contributed by atoms with van der Waals surface area (Å²) in [5.74, 6) is -0.273. The van der Waals surface area contributed by atoms with Crippen LogP contribution in [0.1, 0.15) is 18.1 Å². The van der Waals surface area contributed by atoms with Crippen LogP contribution in [0.15, 0.2) is 94.0 Å². The van der Waals surface area contributed by atoms with E-state index in [4.69, 9.17) is 4.74 Å². The van der Waals surface area contributed by atoms with Gasteiger partial charge in [-0.1, -0.05) is 96.7 Å². The minimum atomic E-state index is -0.273. The second kappa shape index (κ2) is 12.3. The van der Waals surface area contributed by atoms with Crippen molar-refractivity contribution in [2.75, 3.05) is 19.7 Å². The first-order chi connectivity index (χ1) is 15.2. The number of rotatable bonds is 8. The second-order valence-electron chi connectivity index (χ2n) is 6.58. The number of nitrogens with zero attached hydrogens (tertiary/aromatic N) is 3. The van der Waals surface area contributed by atoms with Gasteiger partial charge in [0.1, 0.15) is 6.54 Å². The number of benzene rings is 2. The fourth-order valence-electron chi connectivity index (χ4n) is 2.80. The van der Waals surface area contributed by atoms with E-state index in [1.807, 2.05) is 83.8 Å². The molecule has 0 unspecified atom stereocenters. The molecule has 1 heterocycles. The Bertz CT molecular complexity index is 996. The fourth-order valence-corrected chi connectivity index (χ4v) is 3.74. The van der Waals surface area contributed by atoms with Crippen molar-refractivity contribution >= 4 is 41.3 Å². The van der Waals surface area contributed by atoms with Crippen LogP contribution in [0.4, 0.5) is 0 Å². The molecule has 1 saturated heterocycles. The summed E-state index contributed by atoms with van der Waals surface area (Å²) in [6, 6.07) is 20.1. The number of hydrogen-bond donors (Lipinski definition) is 0. The Morgan fingerprint density at radius 3 is 2.32 bits per heavy atom. The number of carbonyl (C=O) groups is 1. The Hall–Kier alpha value is -3.38. The van der Waals surface area contributed by atoms with Crippen LogP contribution in [0, 0.1) is 0 Å². The Labute approximate surface area is 187 Å². The van der Waals surface area contributed by atoms with E-state index in [0.717, 1.165) is 16.0 Å². The highest BCUT2D eigenvalue weighted by atomic mass is 32.2. The average molecular weight is 432 g/mol. The molecule has 2 aromatic carbocycles. The van der Waals surface area contributed by atoms with Gasteiger partial charge in [-0.05, 0) is 24.1 Å². The molecule has 6 heteroatoms. The van der Waals surface area contributed by atoms with Gasteiger partial charge in [0.2, 0.25) is 0 Å². The molecular weight excluding hydrogens is 406 g/mol. The maximum Gasteiger partial charge on any atom is 0.325 e. The summed E-state index contributed by atoms with van der Waals surface area (Å²) in [4.78, 5) is 14.9. The van der Waals surface area contributed by atoms with Crippen molar-refractivity contribution in [3.63, 3.8) is 0 Å². The Morgan fingerprint density at radius 1 is 1.03 bits per heavy atom. The molecule has 3 rings (SSSR count). The van der Waals surface area contributed by atoms with Crippen LogP contribution in [0.25, 0.3) is 12.2 Å². The standard InChI is InChI=1S/C25H25N3O2S/c1-2-30-24(29)20-28-19-23(17-9-15-21-11-5-3-6-12-21)31-25(28)27-26-18-10-16-22-13-7-4-8-14-22/h3-18H,2,19-20H2,1H3. The van der Waals surface area contributed by atoms with Gasteiger partial charge in [-0.15, -0.1) is 5.10 Å². The molecule has 0 aliphatic carbocycles. The first kappa shape index (κ1) is 22.3. The molecule has 5 nitrogen and oxygen atoms in total. The van der Waals surface area contributed by atoms with Crippen LogP contribution in [0.5, 0.6) is 0 Å². The first-order valence-corrected chi connectivity index (χ1v) is 10.9. The van der Waals surface area contributed by atoms with Crippen molar-refractivity contribution in [2.45, 2.75) is 6.92 Å². The lowest BCUT2D eigenvalue weighted by Gasteiger charge is -2.14. The van der Waals surface area contributed by atoms with Crippen molar-refractivity contribution in [2.24, 2.45) is 10.2 Å². The van der Waals surface area contributed by atoms with E-state index >= 15 is 0 Å². The first-order valence-electron chi connectivity index (χ1n) is 10.1. The van der Waals surface area contributed by atoms with Crippen LogP contribution >= 0.6 is 11.8 Å². The smallest absolute Gasteiger partial charge is 0.325 e. The van der Waals surface area contributed by atoms with Crippen molar-refractivity contribution in [1.29, 1.82) is 0 Å². The van der Waals surface area contributed by atoms with Gasteiger partial charge in [0.05, 0.1) is 13.2 Å². The van der Waals surface area contributed by atoms with E-state index in [1.165, 1.54) is 11.8 Å². The number of carbonyl (C=O) groups excluding carboxylic acids is 1. The van der Waals surface area contributed by atoms with Crippen LogP contribution < -0.4 is 0 Å². The number of hydrogen-bond acceptors (Lipinski definition) is 5. The summed E-state index contributed by atoms with van der Waals surface area (Å²) >= 11 is 1.51. The summed E-state index contributed by atoms with van der Waals surface area (Å²) in [6.45, 7) is 2.90. The molecule has 0 saturated carbocycles. The topological polar surface area (TPSA) is 54.3 Å². The molecule has 0 aromatic heterocycles. The average Bonchev–Trinajstić information content (AvgIpc) is 3.16. The van der Waals surface area contributed by atoms with Crippen molar-refractivity contribution in [3.05, 3.63) is 94.9 Å². The highest BCUT2D eigenvalue weighted by Crippen LogP contribution is 2.29. The van der Waals surface area contributed by atoms with Gasteiger partial charge >= 0.3 is 5.97 Å². The van der Waals surface area contributed by atoms with Crippen LogP contribution in [-0.2, 0) is 9.53 Å². The number of thioether (sulfide) groups is 1. The summed E-state index contributed by atoms with van der Waals surface area (Å²) in [6.07, 6.45) is 11.5. The predicted octanol–water partition coefficient (Wildman–Crippen LogP) is 5.25. The predicted molar refractivity (Wildman–Crippen MR) is 131 cm³/mol. The van der Waals surface area contributed by atoms with Gasteiger partial charge in [-0.3, -0.25) is 4.79 Å². The van der Waals surface area contributed by atoms with Crippen LogP contribution in [-0.4, -0.2) is 41.9 Å². The molecule has 0 spiro atoms. The van der Waals surface area contributed by atoms with Gasteiger partial charge in [0.15, 0.2) is 5.17 Å². The van der Waals surface area contributed by atoms with Gasteiger partial charge in [-0.25, -0.2) is 0 Å². The molecule has 1 aliphatic rings. The molecule has 158 valence electrons. The SMILES string of the molecule is CCOC(=O)CN1CC(=CC=Cc2ccccc2)SC1=NN=CC=Cc1ccccc1. The Morgan fingerprint density at radius 2 is 1.68 bits per heavy atom. The minimum Gasteiger partial charge on any atom is -0.465 e. The van der Waals surface area contributed by atoms with E-state index in [0.29, 0.717) is 18.3 Å². The van der Waals surface area contributed by atoms with Crippen LogP contribution in [0.3, 0.4) is 0 Å². The summed E-state index contributed by atoms with van der Waals surface area (Å²) in [5.41, 5.74) is 2.23. The molecule has 1 fully saturated rings. The van der Waals surface area contributed by atoms with Gasteiger partial charge < -0.3 is 9.64 Å². The Kier molecular flexibility index (Phi) is 8.88. The molecule has 0 bridgehead atoms. The molecule has 2 aromatic rings. The Balaban J connectivity index is 1.67. The van der Waals surface area contributed by atoms with E-state index in [-0.39, 0.29) is 12.5 Å². The quantitative estimate of drug-likeness (QED) is 0.325. The number of amidine groups is 1. The molecule has 0 amide bonds.